The maximum Gasteiger partial charge on any atom is 0.410 e. The van der Waals surface area contributed by atoms with E-state index in [-0.39, 0.29) is 24.8 Å². The topological polar surface area (TPSA) is 59.0 Å². The number of rotatable bonds is 4. The first-order valence-corrected chi connectivity index (χ1v) is 10.8. The number of hydrogen-bond acceptors (Lipinski definition) is 4. The molecule has 2 aromatic carbocycles. The molecule has 2 aliphatic heterocycles. The molecule has 2 unspecified atom stereocenters. The number of carbonyl (C=O) groups excluding carboxylic acids is 1. The minimum absolute atomic E-state index is 0.00687. The summed E-state index contributed by atoms with van der Waals surface area (Å²) in [5, 5.41) is 11.7. The van der Waals surface area contributed by atoms with E-state index in [0.29, 0.717) is 12.8 Å². The molecule has 0 aromatic heterocycles. The van der Waals surface area contributed by atoms with Gasteiger partial charge in [0.1, 0.15) is 12.4 Å². The normalized spacial score (nSPS) is 25.7. The van der Waals surface area contributed by atoms with Gasteiger partial charge in [-0.05, 0) is 67.5 Å². The average Bonchev–Trinajstić information content (AvgIpc) is 2.73. The molecular weight excluding hydrogens is 378 g/mol. The highest BCUT2D eigenvalue weighted by Crippen LogP contribution is 2.46. The number of carbonyl (C=O) groups is 1. The molecule has 5 nitrogen and oxygen atoms in total. The van der Waals surface area contributed by atoms with Crippen LogP contribution in [0.4, 0.5) is 4.79 Å². The van der Waals surface area contributed by atoms with Gasteiger partial charge in [-0.15, -0.1) is 0 Å². The van der Waals surface area contributed by atoms with Gasteiger partial charge in [-0.3, -0.25) is 0 Å². The van der Waals surface area contributed by atoms with Gasteiger partial charge in [-0.1, -0.05) is 30.3 Å². The third-order valence-corrected chi connectivity index (χ3v) is 6.67. The molecule has 1 amide bonds. The number of amides is 1. The van der Waals surface area contributed by atoms with E-state index in [9.17, 15) is 9.90 Å². The Morgan fingerprint density at radius 2 is 1.77 bits per heavy atom. The number of piperidine rings is 2. The van der Waals surface area contributed by atoms with Crippen molar-refractivity contribution in [3.05, 3.63) is 64.7 Å². The Bertz CT molecular complexity index is 897. The SMILES string of the molecule is COc1cc(C)c(C2(O)CC3CCCC(C2)N3C(=O)OCc2ccccc2)cc1C. The summed E-state index contributed by atoms with van der Waals surface area (Å²) in [6.45, 7) is 4.30. The highest BCUT2D eigenvalue weighted by molar-refractivity contribution is 5.69. The number of aryl methyl sites for hydroxylation is 2. The molecule has 0 radical (unpaired) electrons. The molecule has 0 saturated carbocycles. The first-order chi connectivity index (χ1) is 14.4. The monoisotopic (exact) mass is 409 g/mol. The number of aliphatic hydroxyl groups is 1. The molecule has 1 N–H and O–H groups in total. The zero-order valence-electron chi connectivity index (χ0n) is 18.1. The average molecular weight is 410 g/mol. The van der Waals surface area contributed by atoms with Crippen LogP contribution in [0.25, 0.3) is 0 Å². The van der Waals surface area contributed by atoms with Crippen molar-refractivity contribution in [3.8, 4) is 5.75 Å². The van der Waals surface area contributed by atoms with Crippen LogP contribution in [0.3, 0.4) is 0 Å². The minimum atomic E-state index is -0.937. The Balaban J connectivity index is 1.53. The number of benzene rings is 2. The number of ether oxygens (including phenoxy) is 2. The van der Waals surface area contributed by atoms with E-state index in [1.54, 1.807) is 7.11 Å². The Labute approximate surface area is 178 Å². The number of nitrogens with zero attached hydrogens (tertiary/aromatic N) is 1. The van der Waals surface area contributed by atoms with Gasteiger partial charge in [0.15, 0.2) is 0 Å². The van der Waals surface area contributed by atoms with Gasteiger partial charge < -0.3 is 19.5 Å². The van der Waals surface area contributed by atoms with Crippen LogP contribution in [0.2, 0.25) is 0 Å². The van der Waals surface area contributed by atoms with Gasteiger partial charge in [0, 0.05) is 24.9 Å². The fourth-order valence-electron chi connectivity index (χ4n) is 5.25. The molecule has 0 spiro atoms. The summed E-state index contributed by atoms with van der Waals surface area (Å²) in [4.78, 5) is 14.8. The van der Waals surface area contributed by atoms with Gasteiger partial charge in [0.2, 0.25) is 0 Å². The van der Waals surface area contributed by atoms with Crippen molar-refractivity contribution in [2.75, 3.05) is 7.11 Å². The second-order valence-electron chi connectivity index (χ2n) is 8.76. The van der Waals surface area contributed by atoms with Crippen molar-refractivity contribution in [3.63, 3.8) is 0 Å². The summed E-state index contributed by atoms with van der Waals surface area (Å²) in [6.07, 6.45) is 3.68. The maximum atomic E-state index is 12.9. The van der Waals surface area contributed by atoms with E-state index in [1.165, 1.54) is 0 Å². The maximum absolute atomic E-state index is 12.9. The fourth-order valence-corrected chi connectivity index (χ4v) is 5.25. The number of fused-ring (bicyclic) bond motifs is 2. The van der Waals surface area contributed by atoms with E-state index in [2.05, 4.69) is 0 Å². The predicted molar refractivity (Wildman–Crippen MR) is 115 cm³/mol. The molecule has 0 aliphatic carbocycles. The fraction of sp³-hybridized carbons (Fsp3) is 0.480. The molecule has 2 heterocycles. The van der Waals surface area contributed by atoms with E-state index in [4.69, 9.17) is 9.47 Å². The minimum Gasteiger partial charge on any atom is -0.496 e. The molecule has 30 heavy (non-hydrogen) atoms. The third kappa shape index (κ3) is 3.91. The van der Waals surface area contributed by atoms with Crippen molar-refractivity contribution in [2.45, 2.75) is 70.2 Å². The lowest BCUT2D eigenvalue weighted by atomic mass is 9.71. The van der Waals surface area contributed by atoms with Crippen LogP contribution in [-0.4, -0.2) is 35.3 Å². The molecule has 2 aliphatic rings. The second-order valence-corrected chi connectivity index (χ2v) is 8.76. The van der Waals surface area contributed by atoms with Crippen LogP contribution in [-0.2, 0) is 16.9 Å². The van der Waals surface area contributed by atoms with Gasteiger partial charge in [-0.25, -0.2) is 4.79 Å². The lowest BCUT2D eigenvalue weighted by molar-refractivity contribution is -0.0899. The van der Waals surface area contributed by atoms with Crippen LogP contribution in [0, 0.1) is 13.8 Å². The van der Waals surface area contributed by atoms with Crippen LogP contribution >= 0.6 is 0 Å². The Morgan fingerprint density at radius 3 is 2.40 bits per heavy atom. The summed E-state index contributed by atoms with van der Waals surface area (Å²) >= 11 is 0. The van der Waals surface area contributed by atoms with Crippen LogP contribution < -0.4 is 4.74 Å². The Hall–Kier alpha value is -2.53. The molecule has 160 valence electrons. The van der Waals surface area contributed by atoms with Crippen molar-refractivity contribution >= 4 is 6.09 Å². The first kappa shape index (κ1) is 20.7. The summed E-state index contributed by atoms with van der Waals surface area (Å²) in [5.41, 5.74) is 3.04. The third-order valence-electron chi connectivity index (χ3n) is 6.67. The van der Waals surface area contributed by atoms with Crippen LogP contribution in [0.5, 0.6) is 5.75 Å². The smallest absolute Gasteiger partial charge is 0.410 e. The molecule has 5 heteroatoms. The molecular formula is C25H31NO4. The van der Waals surface area contributed by atoms with Gasteiger partial charge >= 0.3 is 6.09 Å². The van der Waals surface area contributed by atoms with Crippen molar-refractivity contribution in [1.82, 2.24) is 4.90 Å². The standard InChI is InChI=1S/C25H31NO4/c1-17-13-23(29-3)18(2)12-22(17)25(28)14-20-10-7-11-21(15-25)26(20)24(27)30-16-19-8-5-4-6-9-19/h4-6,8-9,12-13,20-21,28H,7,10-11,14-16H2,1-3H3. The van der Waals surface area contributed by atoms with Crippen molar-refractivity contribution in [1.29, 1.82) is 0 Å². The summed E-state index contributed by atoms with van der Waals surface area (Å²) in [7, 11) is 1.67. The zero-order chi connectivity index (χ0) is 21.3. The molecule has 2 saturated heterocycles. The van der Waals surface area contributed by atoms with E-state index < -0.39 is 5.60 Å². The van der Waals surface area contributed by atoms with Crippen molar-refractivity contribution in [2.24, 2.45) is 0 Å². The Morgan fingerprint density at radius 1 is 1.10 bits per heavy atom. The van der Waals surface area contributed by atoms with Gasteiger partial charge in [0.25, 0.3) is 0 Å². The molecule has 2 bridgehead atoms. The highest BCUT2D eigenvalue weighted by Gasteiger charge is 2.49. The largest absolute Gasteiger partial charge is 0.496 e. The van der Waals surface area contributed by atoms with E-state index in [0.717, 1.165) is 47.3 Å². The predicted octanol–water partition coefficient (Wildman–Crippen LogP) is 4.85. The zero-order valence-corrected chi connectivity index (χ0v) is 18.1. The summed E-state index contributed by atoms with van der Waals surface area (Å²) in [5.74, 6) is 0.835. The van der Waals surface area contributed by atoms with E-state index in [1.807, 2.05) is 61.2 Å². The molecule has 2 atom stereocenters. The number of methoxy groups -OCH3 is 1. The summed E-state index contributed by atoms with van der Waals surface area (Å²) < 4.78 is 11.1. The lowest BCUT2D eigenvalue weighted by Gasteiger charge is -2.51. The molecule has 2 fully saturated rings. The number of hydrogen-bond donors (Lipinski definition) is 1. The van der Waals surface area contributed by atoms with Crippen LogP contribution in [0.1, 0.15) is 54.4 Å². The van der Waals surface area contributed by atoms with Crippen LogP contribution in [0.15, 0.2) is 42.5 Å². The lowest BCUT2D eigenvalue weighted by Crippen LogP contribution is -2.59. The molecule has 4 rings (SSSR count). The highest BCUT2D eigenvalue weighted by atomic mass is 16.6. The Kier molecular flexibility index (Phi) is 5.74. The first-order valence-electron chi connectivity index (χ1n) is 10.8. The van der Waals surface area contributed by atoms with E-state index >= 15 is 0 Å². The van der Waals surface area contributed by atoms with Gasteiger partial charge in [-0.2, -0.15) is 0 Å². The van der Waals surface area contributed by atoms with Crippen molar-refractivity contribution < 1.29 is 19.4 Å². The summed E-state index contributed by atoms with van der Waals surface area (Å²) in [6, 6.07) is 13.8. The second kappa shape index (κ2) is 8.31. The van der Waals surface area contributed by atoms with Gasteiger partial charge in [0.05, 0.1) is 12.7 Å². The molecule has 2 aromatic rings. The quantitative estimate of drug-likeness (QED) is 0.784.